The lowest BCUT2D eigenvalue weighted by Gasteiger charge is -2.17. The van der Waals surface area contributed by atoms with Gasteiger partial charge in [-0.25, -0.2) is 8.42 Å². The zero-order chi connectivity index (χ0) is 12.4. The first-order chi connectivity index (χ1) is 7.55. The molecule has 1 N–H and O–H groups in total. The fraction of sp³-hybridized carbons (Fsp3) is 1.00. The van der Waals surface area contributed by atoms with Crippen molar-refractivity contribution in [2.75, 3.05) is 18.1 Å². The van der Waals surface area contributed by atoms with Gasteiger partial charge in [0.25, 0.3) is 0 Å². The lowest BCUT2D eigenvalue weighted by Crippen LogP contribution is -2.30. The van der Waals surface area contributed by atoms with E-state index in [4.69, 9.17) is 0 Å². The molecule has 0 bridgehead atoms. The summed E-state index contributed by atoms with van der Waals surface area (Å²) in [5.74, 6) is 0.616. The van der Waals surface area contributed by atoms with Crippen molar-refractivity contribution >= 4 is 9.84 Å². The van der Waals surface area contributed by atoms with Crippen molar-refractivity contribution in [1.29, 1.82) is 0 Å². The average Bonchev–Trinajstić information content (AvgIpc) is 2.25. The molecule has 0 aliphatic carbocycles. The van der Waals surface area contributed by atoms with E-state index in [0.29, 0.717) is 11.8 Å². The Morgan fingerprint density at radius 1 is 1.06 bits per heavy atom. The Kier molecular flexibility index (Phi) is 8.94. The van der Waals surface area contributed by atoms with Crippen LogP contribution in [-0.4, -0.2) is 32.5 Å². The van der Waals surface area contributed by atoms with E-state index < -0.39 is 9.84 Å². The number of sulfone groups is 1. The molecule has 1 atom stereocenters. The fourth-order valence-corrected chi connectivity index (χ4v) is 2.63. The van der Waals surface area contributed by atoms with Crippen LogP contribution in [-0.2, 0) is 9.84 Å². The van der Waals surface area contributed by atoms with Crippen LogP contribution in [0.25, 0.3) is 0 Å². The molecule has 0 saturated carbocycles. The van der Waals surface area contributed by atoms with E-state index in [1.807, 2.05) is 0 Å². The van der Waals surface area contributed by atoms with Crippen molar-refractivity contribution in [3.05, 3.63) is 0 Å². The van der Waals surface area contributed by atoms with E-state index >= 15 is 0 Å². The summed E-state index contributed by atoms with van der Waals surface area (Å²) < 4.78 is 22.7. The van der Waals surface area contributed by atoms with Gasteiger partial charge in [0.2, 0.25) is 0 Å². The van der Waals surface area contributed by atoms with Gasteiger partial charge in [0.15, 0.2) is 0 Å². The molecule has 4 heteroatoms. The second-order valence-corrected chi connectivity index (χ2v) is 6.79. The maximum Gasteiger partial charge on any atom is 0.150 e. The Bertz CT molecular complexity index is 250. The Morgan fingerprint density at radius 3 is 2.25 bits per heavy atom. The van der Waals surface area contributed by atoms with Gasteiger partial charge in [-0.1, -0.05) is 27.2 Å². The Morgan fingerprint density at radius 2 is 1.75 bits per heavy atom. The van der Waals surface area contributed by atoms with Crippen molar-refractivity contribution in [2.24, 2.45) is 0 Å². The number of nitrogens with one attached hydrogen (secondary N) is 1. The number of rotatable bonds is 10. The largest absolute Gasteiger partial charge is 0.314 e. The average molecular weight is 249 g/mol. The van der Waals surface area contributed by atoms with Gasteiger partial charge in [0.05, 0.1) is 5.75 Å². The maximum atomic E-state index is 11.3. The van der Waals surface area contributed by atoms with Gasteiger partial charge in [-0.2, -0.15) is 0 Å². The second kappa shape index (κ2) is 8.99. The third kappa shape index (κ3) is 8.11. The second-order valence-electron chi connectivity index (χ2n) is 4.32. The lowest BCUT2D eigenvalue weighted by molar-refractivity contribution is 0.444. The van der Waals surface area contributed by atoms with Crippen LogP contribution in [0.4, 0.5) is 0 Å². The minimum absolute atomic E-state index is 0.272. The van der Waals surface area contributed by atoms with Crippen LogP contribution in [0, 0.1) is 0 Å². The third-order valence-electron chi connectivity index (χ3n) is 2.77. The smallest absolute Gasteiger partial charge is 0.150 e. The molecule has 0 amide bonds. The zero-order valence-electron chi connectivity index (χ0n) is 11.0. The summed E-state index contributed by atoms with van der Waals surface area (Å²) in [6.07, 6.45) is 5.20. The van der Waals surface area contributed by atoms with Gasteiger partial charge in [-0.15, -0.1) is 0 Å². The molecule has 0 rings (SSSR count). The molecule has 0 radical (unpaired) electrons. The van der Waals surface area contributed by atoms with Crippen LogP contribution in [0.3, 0.4) is 0 Å². The molecule has 0 aliphatic rings. The van der Waals surface area contributed by atoms with Gasteiger partial charge < -0.3 is 5.32 Å². The molecule has 3 nitrogen and oxygen atoms in total. The first kappa shape index (κ1) is 15.9. The maximum absolute atomic E-state index is 11.3. The molecule has 0 heterocycles. The SMILES string of the molecule is CCCNC(CCC)CCCS(=O)(=O)CC. The highest BCUT2D eigenvalue weighted by atomic mass is 32.2. The highest BCUT2D eigenvalue weighted by Gasteiger charge is 2.10. The van der Waals surface area contributed by atoms with E-state index in [2.05, 4.69) is 19.2 Å². The summed E-state index contributed by atoms with van der Waals surface area (Å²) >= 11 is 0. The molecule has 16 heavy (non-hydrogen) atoms. The van der Waals surface area contributed by atoms with E-state index in [1.54, 1.807) is 6.92 Å². The Balaban J connectivity index is 3.83. The zero-order valence-corrected chi connectivity index (χ0v) is 11.8. The van der Waals surface area contributed by atoms with Crippen molar-refractivity contribution in [3.8, 4) is 0 Å². The standard InChI is InChI=1S/C12H27NO2S/c1-4-8-12(13-10-5-2)9-7-11-16(14,15)6-3/h12-13H,4-11H2,1-3H3. The van der Waals surface area contributed by atoms with E-state index in [0.717, 1.165) is 38.6 Å². The quantitative estimate of drug-likeness (QED) is 0.646. The van der Waals surface area contributed by atoms with Gasteiger partial charge in [0, 0.05) is 11.8 Å². The highest BCUT2D eigenvalue weighted by molar-refractivity contribution is 7.91. The summed E-state index contributed by atoms with van der Waals surface area (Å²) in [7, 11) is -2.78. The predicted octanol–water partition coefficient (Wildman–Crippen LogP) is 2.37. The molecule has 0 spiro atoms. The van der Waals surface area contributed by atoms with Crippen LogP contribution in [0.1, 0.15) is 52.9 Å². The van der Waals surface area contributed by atoms with E-state index in [-0.39, 0.29) is 5.75 Å². The van der Waals surface area contributed by atoms with Crippen molar-refractivity contribution in [3.63, 3.8) is 0 Å². The first-order valence-electron chi connectivity index (χ1n) is 6.49. The minimum atomic E-state index is -2.78. The molecule has 0 fully saturated rings. The molecule has 98 valence electrons. The summed E-state index contributed by atoms with van der Waals surface area (Å²) in [4.78, 5) is 0. The van der Waals surface area contributed by atoms with Crippen molar-refractivity contribution in [1.82, 2.24) is 5.32 Å². The molecule has 0 aromatic heterocycles. The molecule has 0 saturated heterocycles. The van der Waals surface area contributed by atoms with Crippen LogP contribution in [0.2, 0.25) is 0 Å². The fourth-order valence-electron chi connectivity index (χ4n) is 1.74. The monoisotopic (exact) mass is 249 g/mol. The number of hydrogen-bond donors (Lipinski definition) is 1. The molecule has 0 aromatic rings. The molecule has 0 aromatic carbocycles. The van der Waals surface area contributed by atoms with Crippen LogP contribution < -0.4 is 5.32 Å². The van der Waals surface area contributed by atoms with Crippen LogP contribution in [0.5, 0.6) is 0 Å². The van der Waals surface area contributed by atoms with E-state index in [9.17, 15) is 8.42 Å². The summed E-state index contributed by atoms with van der Waals surface area (Å²) in [6.45, 7) is 7.07. The summed E-state index contributed by atoms with van der Waals surface area (Å²) in [6, 6.07) is 0.497. The van der Waals surface area contributed by atoms with Crippen LogP contribution in [0.15, 0.2) is 0 Å². The predicted molar refractivity (Wildman–Crippen MR) is 70.6 cm³/mol. The first-order valence-corrected chi connectivity index (χ1v) is 8.31. The molecular formula is C12H27NO2S. The summed E-state index contributed by atoms with van der Waals surface area (Å²) in [5, 5.41) is 3.48. The highest BCUT2D eigenvalue weighted by Crippen LogP contribution is 2.07. The third-order valence-corrected chi connectivity index (χ3v) is 4.56. The summed E-state index contributed by atoms with van der Waals surface area (Å²) in [5.41, 5.74) is 0. The van der Waals surface area contributed by atoms with Gasteiger partial charge >= 0.3 is 0 Å². The Labute approximate surface area is 101 Å². The normalized spacial score (nSPS) is 13.9. The van der Waals surface area contributed by atoms with Crippen molar-refractivity contribution in [2.45, 2.75) is 58.9 Å². The molecular weight excluding hydrogens is 222 g/mol. The van der Waals surface area contributed by atoms with Crippen LogP contribution >= 0.6 is 0 Å². The van der Waals surface area contributed by atoms with Gasteiger partial charge in [-0.3, -0.25) is 0 Å². The van der Waals surface area contributed by atoms with Crippen molar-refractivity contribution < 1.29 is 8.42 Å². The lowest BCUT2D eigenvalue weighted by atomic mass is 10.1. The number of hydrogen-bond acceptors (Lipinski definition) is 3. The minimum Gasteiger partial charge on any atom is -0.314 e. The molecule has 0 aliphatic heterocycles. The topological polar surface area (TPSA) is 46.2 Å². The van der Waals surface area contributed by atoms with Gasteiger partial charge in [-0.05, 0) is 32.2 Å². The van der Waals surface area contributed by atoms with Gasteiger partial charge in [0.1, 0.15) is 9.84 Å². The van der Waals surface area contributed by atoms with E-state index in [1.165, 1.54) is 0 Å². The molecule has 1 unspecified atom stereocenters. The Hall–Kier alpha value is -0.0900.